The molecular weight excluding hydrogens is 731 g/mol. The molecule has 7 heteroatoms. The number of aliphatic carboxylic acids is 2. The Hall–Kier alpha value is -4.26. The van der Waals surface area contributed by atoms with Crippen LogP contribution in [0, 0.1) is 13.8 Å². The monoisotopic (exact) mass is 772 g/mol. The van der Waals surface area contributed by atoms with Crippen LogP contribution in [-0.4, -0.2) is 22.2 Å². The number of carboxylic acids is 2. The van der Waals surface area contributed by atoms with Crippen molar-refractivity contribution >= 4 is 59.6 Å². The Kier molecular flexibility index (Phi) is 15.7. The fourth-order valence-corrected chi connectivity index (χ4v) is 10.6. The van der Waals surface area contributed by atoms with Crippen LogP contribution in [0.1, 0.15) is 25.0 Å². The molecule has 0 saturated carbocycles. The molecule has 6 aromatic carbocycles. The van der Waals surface area contributed by atoms with Gasteiger partial charge in [0.15, 0.2) is 0 Å². The van der Waals surface area contributed by atoms with Gasteiger partial charge < -0.3 is 10.2 Å². The van der Waals surface area contributed by atoms with Crippen molar-refractivity contribution in [1.29, 1.82) is 0 Å². The SMILES string of the molecule is CC(=O)O.CC(=O)O.Cc1cccc(P(c2ccccc2)c2ccccc2)c1-c1c(C)cccc1P(c1ccccc1)c1ccccc1.[Ru]. The molecular formula is C42H40O4P2Ru. The van der Waals surface area contributed by atoms with Crippen molar-refractivity contribution in [1.82, 2.24) is 0 Å². The van der Waals surface area contributed by atoms with Crippen molar-refractivity contribution in [2.45, 2.75) is 27.7 Å². The van der Waals surface area contributed by atoms with E-state index in [1.807, 2.05) is 0 Å². The van der Waals surface area contributed by atoms with Crippen LogP contribution in [0.2, 0.25) is 0 Å². The molecule has 0 aliphatic rings. The van der Waals surface area contributed by atoms with Crippen LogP contribution < -0.4 is 31.8 Å². The topological polar surface area (TPSA) is 74.6 Å². The van der Waals surface area contributed by atoms with Crippen LogP contribution in [0.25, 0.3) is 11.1 Å². The standard InChI is InChI=1S/C38H32P2.2C2H4O2.Ru/c1-29-17-15-27-35(39(31-19-7-3-8-20-31)32-21-9-4-10-22-32)37(29)38-30(2)18-16-28-36(38)40(33-23-11-5-12-24-33)34-25-13-6-14-26-34;2*1-2(3)4;/h3-28H,1-2H3;2*1H3,(H,3,4);. The summed E-state index contributed by atoms with van der Waals surface area (Å²) in [5.41, 5.74) is 5.41. The third-order valence-corrected chi connectivity index (χ3v) is 12.3. The zero-order valence-corrected chi connectivity index (χ0v) is 31.5. The molecule has 0 aliphatic heterocycles. The maximum Gasteiger partial charge on any atom is 0.300 e. The Labute approximate surface area is 305 Å². The second kappa shape index (κ2) is 19.7. The third-order valence-electron chi connectivity index (χ3n) is 7.29. The number of hydrogen-bond acceptors (Lipinski definition) is 2. The molecule has 0 radical (unpaired) electrons. The maximum atomic E-state index is 9.00. The summed E-state index contributed by atoms with van der Waals surface area (Å²) >= 11 is 0. The molecule has 0 spiro atoms. The van der Waals surface area contributed by atoms with Gasteiger partial charge in [-0.25, -0.2) is 0 Å². The van der Waals surface area contributed by atoms with E-state index in [0.717, 1.165) is 13.8 Å². The van der Waals surface area contributed by atoms with E-state index >= 15 is 0 Å². The van der Waals surface area contributed by atoms with Crippen molar-refractivity contribution in [3.8, 4) is 11.1 Å². The van der Waals surface area contributed by atoms with Gasteiger partial charge in [0.05, 0.1) is 0 Å². The van der Waals surface area contributed by atoms with Crippen LogP contribution in [-0.2, 0) is 29.1 Å². The van der Waals surface area contributed by atoms with Crippen molar-refractivity contribution in [2.24, 2.45) is 0 Å². The van der Waals surface area contributed by atoms with Crippen molar-refractivity contribution in [2.75, 3.05) is 0 Å². The zero-order chi connectivity index (χ0) is 34.5. The van der Waals surface area contributed by atoms with Gasteiger partial charge in [-0.1, -0.05) is 158 Å². The van der Waals surface area contributed by atoms with E-state index in [1.54, 1.807) is 0 Å². The number of benzene rings is 6. The first-order chi connectivity index (χ1) is 23.2. The van der Waals surface area contributed by atoms with Gasteiger partial charge in [-0.3, -0.25) is 9.59 Å². The minimum Gasteiger partial charge on any atom is -0.481 e. The summed E-state index contributed by atoms with van der Waals surface area (Å²) in [5.74, 6) is -1.67. The first-order valence-electron chi connectivity index (χ1n) is 15.6. The molecule has 0 heterocycles. The first kappa shape index (κ1) is 39.2. The molecule has 0 atom stereocenters. The van der Waals surface area contributed by atoms with Gasteiger partial charge in [0.1, 0.15) is 0 Å². The summed E-state index contributed by atoms with van der Waals surface area (Å²) in [6.07, 6.45) is 0. The number of carboxylic acid groups (broad SMARTS) is 2. The van der Waals surface area contributed by atoms with Crippen LogP contribution in [0.5, 0.6) is 0 Å². The Morgan fingerprint density at radius 2 is 0.633 bits per heavy atom. The summed E-state index contributed by atoms with van der Waals surface area (Å²) in [4.78, 5) is 18.0. The Morgan fingerprint density at radius 3 is 0.857 bits per heavy atom. The molecule has 2 N–H and O–H groups in total. The molecule has 6 rings (SSSR count). The van der Waals surface area contributed by atoms with Crippen molar-refractivity contribution in [3.05, 3.63) is 169 Å². The quantitative estimate of drug-likeness (QED) is 0.129. The maximum absolute atomic E-state index is 9.00. The Balaban J connectivity index is 0.000000654. The van der Waals surface area contributed by atoms with Crippen molar-refractivity contribution in [3.63, 3.8) is 0 Å². The van der Waals surface area contributed by atoms with Crippen LogP contribution >= 0.6 is 15.8 Å². The Morgan fingerprint density at radius 1 is 0.408 bits per heavy atom. The molecule has 0 saturated heterocycles. The molecule has 4 nitrogen and oxygen atoms in total. The molecule has 6 aromatic rings. The van der Waals surface area contributed by atoms with Crippen LogP contribution in [0.15, 0.2) is 158 Å². The van der Waals surface area contributed by atoms with E-state index < -0.39 is 27.8 Å². The van der Waals surface area contributed by atoms with E-state index in [4.69, 9.17) is 19.8 Å². The van der Waals surface area contributed by atoms with E-state index in [-0.39, 0.29) is 19.5 Å². The Bertz CT molecular complexity index is 1690. The first-order valence-corrected chi connectivity index (χ1v) is 18.3. The second-order valence-corrected chi connectivity index (χ2v) is 15.4. The molecule has 0 bridgehead atoms. The molecule has 0 aromatic heterocycles. The van der Waals surface area contributed by atoms with Gasteiger partial charge in [-0.05, 0) is 83.8 Å². The van der Waals surface area contributed by atoms with E-state index in [0.29, 0.717) is 0 Å². The minimum absolute atomic E-state index is 0. The molecule has 250 valence electrons. The average Bonchev–Trinajstić information content (AvgIpc) is 3.07. The zero-order valence-electron chi connectivity index (χ0n) is 28.0. The smallest absolute Gasteiger partial charge is 0.300 e. The number of aryl methyl sites for hydroxylation is 2. The molecule has 0 amide bonds. The summed E-state index contributed by atoms with van der Waals surface area (Å²) in [6, 6.07) is 58.0. The fourth-order valence-electron chi connectivity index (χ4n) is 5.49. The summed E-state index contributed by atoms with van der Waals surface area (Å²) < 4.78 is 0. The summed E-state index contributed by atoms with van der Waals surface area (Å²) in [5, 5.41) is 23.2. The van der Waals surface area contributed by atoms with Crippen LogP contribution in [0.3, 0.4) is 0 Å². The molecule has 0 aliphatic carbocycles. The largest absolute Gasteiger partial charge is 0.481 e. The predicted molar refractivity (Wildman–Crippen MR) is 205 cm³/mol. The minimum atomic E-state index is -0.833. The molecule has 0 fully saturated rings. The van der Waals surface area contributed by atoms with E-state index in [1.165, 1.54) is 54.1 Å². The van der Waals surface area contributed by atoms with E-state index in [9.17, 15) is 0 Å². The van der Waals surface area contributed by atoms with Gasteiger partial charge in [0.25, 0.3) is 11.9 Å². The van der Waals surface area contributed by atoms with Crippen LogP contribution in [0.4, 0.5) is 0 Å². The second-order valence-electron chi connectivity index (χ2n) is 11.0. The van der Waals surface area contributed by atoms with Gasteiger partial charge >= 0.3 is 0 Å². The van der Waals surface area contributed by atoms with E-state index in [2.05, 4.69) is 172 Å². The number of rotatable bonds is 7. The van der Waals surface area contributed by atoms with Gasteiger partial charge in [0.2, 0.25) is 0 Å². The fraction of sp³-hybridized carbons (Fsp3) is 0.0952. The summed E-state index contributed by atoms with van der Waals surface area (Å²) in [6.45, 7) is 6.73. The van der Waals surface area contributed by atoms with Gasteiger partial charge in [0, 0.05) is 33.3 Å². The molecule has 49 heavy (non-hydrogen) atoms. The normalized spacial score (nSPS) is 10.2. The predicted octanol–water partition coefficient (Wildman–Crippen LogP) is 7.67. The number of carbonyl (C=O) groups is 2. The van der Waals surface area contributed by atoms with Gasteiger partial charge in [-0.15, -0.1) is 0 Å². The van der Waals surface area contributed by atoms with Crippen molar-refractivity contribution < 1.29 is 39.3 Å². The van der Waals surface area contributed by atoms with Gasteiger partial charge in [-0.2, -0.15) is 0 Å². The average molecular weight is 772 g/mol. The summed E-state index contributed by atoms with van der Waals surface area (Å²) in [7, 11) is -1.50. The third kappa shape index (κ3) is 10.9. The molecule has 0 unspecified atom stereocenters. The number of hydrogen-bond donors (Lipinski definition) is 2.